The third kappa shape index (κ3) is 5.14. The molecule has 0 radical (unpaired) electrons. The van der Waals surface area contributed by atoms with Gasteiger partial charge in [-0.3, -0.25) is 0 Å². The SMILES string of the molecule is COCC(F)(CCCN)CC1CCCC(F)(F)C1. The predicted octanol–water partition coefficient (Wildman–Crippen LogP) is 3.30. The Hall–Kier alpha value is -0.290. The van der Waals surface area contributed by atoms with Gasteiger partial charge >= 0.3 is 0 Å². The monoisotopic (exact) mass is 267 g/mol. The topological polar surface area (TPSA) is 35.2 Å². The Morgan fingerprint density at radius 3 is 2.72 bits per heavy atom. The van der Waals surface area contributed by atoms with Crippen LogP contribution in [0, 0.1) is 5.92 Å². The van der Waals surface area contributed by atoms with Crippen molar-refractivity contribution >= 4 is 0 Å². The molecular formula is C13H24F3NO. The van der Waals surface area contributed by atoms with Gasteiger partial charge in [-0.25, -0.2) is 13.2 Å². The first-order valence-corrected chi connectivity index (χ1v) is 6.66. The molecule has 0 aromatic carbocycles. The second-order valence-electron chi connectivity index (χ2n) is 5.50. The van der Waals surface area contributed by atoms with Gasteiger partial charge in [-0.1, -0.05) is 0 Å². The largest absolute Gasteiger partial charge is 0.381 e. The van der Waals surface area contributed by atoms with Crippen LogP contribution in [0.15, 0.2) is 0 Å². The maximum absolute atomic E-state index is 14.6. The molecule has 1 aliphatic rings. The molecule has 0 aliphatic heterocycles. The summed E-state index contributed by atoms with van der Waals surface area (Å²) in [4.78, 5) is 0. The van der Waals surface area contributed by atoms with Gasteiger partial charge in [-0.2, -0.15) is 0 Å². The maximum Gasteiger partial charge on any atom is 0.248 e. The second-order valence-corrected chi connectivity index (χ2v) is 5.50. The van der Waals surface area contributed by atoms with Gasteiger partial charge in [0.25, 0.3) is 0 Å². The van der Waals surface area contributed by atoms with E-state index in [2.05, 4.69) is 0 Å². The van der Waals surface area contributed by atoms with Gasteiger partial charge in [-0.15, -0.1) is 0 Å². The van der Waals surface area contributed by atoms with Crippen molar-refractivity contribution in [2.45, 2.75) is 56.5 Å². The van der Waals surface area contributed by atoms with Crippen molar-refractivity contribution < 1.29 is 17.9 Å². The van der Waals surface area contributed by atoms with Crippen molar-refractivity contribution in [3.8, 4) is 0 Å². The minimum Gasteiger partial charge on any atom is -0.381 e. The highest BCUT2D eigenvalue weighted by Crippen LogP contribution is 2.41. The molecule has 5 heteroatoms. The number of hydrogen-bond donors (Lipinski definition) is 1. The van der Waals surface area contributed by atoms with E-state index in [0.717, 1.165) is 0 Å². The van der Waals surface area contributed by atoms with Crippen molar-refractivity contribution in [3.63, 3.8) is 0 Å². The number of methoxy groups -OCH3 is 1. The summed E-state index contributed by atoms with van der Waals surface area (Å²) >= 11 is 0. The minimum atomic E-state index is -2.62. The van der Waals surface area contributed by atoms with Crippen LogP contribution in [0.4, 0.5) is 13.2 Å². The van der Waals surface area contributed by atoms with Gasteiger partial charge in [-0.05, 0) is 44.6 Å². The fourth-order valence-electron chi connectivity index (χ4n) is 2.88. The second kappa shape index (κ2) is 6.75. The summed E-state index contributed by atoms with van der Waals surface area (Å²) in [5.74, 6) is -2.86. The van der Waals surface area contributed by atoms with Crippen molar-refractivity contribution in [1.29, 1.82) is 0 Å². The van der Waals surface area contributed by atoms with E-state index in [1.807, 2.05) is 0 Å². The summed E-state index contributed by atoms with van der Waals surface area (Å²) in [5.41, 5.74) is 3.87. The van der Waals surface area contributed by atoms with E-state index in [4.69, 9.17) is 10.5 Å². The highest BCUT2D eigenvalue weighted by molar-refractivity contribution is 4.87. The van der Waals surface area contributed by atoms with Crippen LogP contribution in [0.25, 0.3) is 0 Å². The summed E-state index contributed by atoms with van der Waals surface area (Å²) < 4.78 is 46.1. The first-order chi connectivity index (χ1) is 8.41. The van der Waals surface area contributed by atoms with E-state index in [1.165, 1.54) is 7.11 Å². The lowest BCUT2D eigenvalue weighted by Gasteiger charge is -2.34. The first kappa shape index (κ1) is 15.8. The fourth-order valence-corrected chi connectivity index (χ4v) is 2.88. The van der Waals surface area contributed by atoms with Crippen LogP contribution in [0.2, 0.25) is 0 Å². The zero-order valence-electron chi connectivity index (χ0n) is 11.1. The minimum absolute atomic E-state index is 0.0327. The smallest absolute Gasteiger partial charge is 0.248 e. The zero-order valence-corrected chi connectivity index (χ0v) is 11.1. The highest BCUT2D eigenvalue weighted by atomic mass is 19.3. The Kier molecular flexibility index (Phi) is 5.92. The standard InChI is InChI=1S/C13H24F3NO/c1-18-10-12(14,5-3-7-17)8-11-4-2-6-13(15,16)9-11/h11H,2-10,17H2,1H3. The Bertz CT molecular complexity index is 250. The highest BCUT2D eigenvalue weighted by Gasteiger charge is 2.40. The number of rotatable bonds is 7. The molecular weight excluding hydrogens is 243 g/mol. The molecule has 0 aromatic rings. The Morgan fingerprint density at radius 1 is 1.44 bits per heavy atom. The van der Waals surface area contributed by atoms with Gasteiger partial charge < -0.3 is 10.5 Å². The summed E-state index contributed by atoms with van der Waals surface area (Å²) in [6.07, 6.45) is 1.94. The van der Waals surface area contributed by atoms with E-state index < -0.39 is 11.6 Å². The van der Waals surface area contributed by atoms with Crippen LogP contribution in [-0.4, -0.2) is 31.9 Å². The zero-order chi connectivity index (χ0) is 13.6. The Labute approximate surface area is 107 Å². The van der Waals surface area contributed by atoms with Crippen LogP contribution in [0.3, 0.4) is 0 Å². The summed E-state index contributed by atoms with van der Waals surface area (Å²) in [5, 5.41) is 0. The third-order valence-corrected chi connectivity index (χ3v) is 3.63. The van der Waals surface area contributed by atoms with Crippen molar-refractivity contribution in [2.24, 2.45) is 11.7 Å². The molecule has 0 bridgehead atoms. The van der Waals surface area contributed by atoms with Crippen LogP contribution in [0.1, 0.15) is 44.9 Å². The van der Waals surface area contributed by atoms with Crippen molar-refractivity contribution in [1.82, 2.24) is 0 Å². The van der Waals surface area contributed by atoms with Gasteiger partial charge in [0.15, 0.2) is 0 Å². The quantitative estimate of drug-likeness (QED) is 0.768. The van der Waals surface area contributed by atoms with Crippen LogP contribution < -0.4 is 5.73 Å². The summed E-state index contributed by atoms with van der Waals surface area (Å²) in [6, 6.07) is 0. The molecule has 1 saturated carbocycles. The molecule has 2 unspecified atom stereocenters. The molecule has 2 nitrogen and oxygen atoms in total. The predicted molar refractivity (Wildman–Crippen MR) is 65.5 cm³/mol. The molecule has 0 amide bonds. The molecule has 1 rings (SSSR count). The van der Waals surface area contributed by atoms with Gasteiger partial charge in [0.2, 0.25) is 5.92 Å². The van der Waals surface area contributed by atoms with Gasteiger partial charge in [0.05, 0.1) is 6.61 Å². The van der Waals surface area contributed by atoms with Gasteiger partial charge in [0, 0.05) is 20.0 Å². The molecule has 1 fully saturated rings. The lowest BCUT2D eigenvalue weighted by atomic mass is 9.79. The van der Waals surface area contributed by atoms with E-state index in [-0.39, 0.29) is 31.8 Å². The van der Waals surface area contributed by atoms with E-state index in [1.54, 1.807) is 0 Å². The molecule has 0 saturated heterocycles. The molecule has 2 N–H and O–H groups in total. The van der Waals surface area contributed by atoms with E-state index in [9.17, 15) is 13.2 Å². The Balaban J connectivity index is 2.54. The van der Waals surface area contributed by atoms with Crippen LogP contribution >= 0.6 is 0 Å². The number of hydrogen-bond acceptors (Lipinski definition) is 2. The number of alkyl halides is 3. The molecule has 18 heavy (non-hydrogen) atoms. The molecule has 0 aromatic heterocycles. The Morgan fingerprint density at radius 2 is 2.17 bits per heavy atom. The van der Waals surface area contributed by atoms with Crippen LogP contribution in [-0.2, 0) is 4.74 Å². The molecule has 1 aliphatic carbocycles. The summed E-state index contributed by atoms with van der Waals surface area (Å²) in [6.45, 7) is 0.380. The van der Waals surface area contributed by atoms with E-state index in [0.29, 0.717) is 32.2 Å². The van der Waals surface area contributed by atoms with E-state index >= 15 is 0 Å². The maximum atomic E-state index is 14.6. The molecule has 108 valence electrons. The first-order valence-electron chi connectivity index (χ1n) is 6.66. The van der Waals surface area contributed by atoms with Gasteiger partial charge in [0.1, 0.15) is 5.67 Å². The van der Waals surface area contributed by atoms with Crippen LogP contribution in [0.5, 0.6) is 0 Å². The average Bonchev–Trinajstić information content (AvgIpc) is 2.25. The molecule has 0 spiro atoms. The third-order valence-electron chi connectivity index (χ3n) is 3.63. The normalized spacial score (nSPS) is 26.8. The lowest BCUT2D eigenvalue weighted by molar-refractivity contribution is -0.0684. The van der Waals surface area contributed by atoms with Crippen molar-refractivity contribution in [2.75, 3.05) is 20.3 Å². The average molecular weight is 267 g/mol. The molecule has 0 heterocycles. The lowest BCUT2D eigenvalue weighted by Crippen LogP contribution is -2.36. The number of ether oxygens (including phenoxy) is 1. The number of halogens is 3. The number of nitrogens with two attached hydrogens (primary N) is 1. The fraction of sp³-hybridized carbons (Fsp3) is 1.00. The summed E-state index contributed by atoms with van der Waals surface area (Å²) in [7, 11) is 1.44. The molecule has 2 atom stereocenters. The van der Waals surface area contributed by atoms with Crippen molar-refractivity contribution in [3.05, 3.63) is 0 Å².